The first-order valence-electron chi connectivity index (χ1n) is 1.44. The predicted octanol–water partition coefficient (Wildman–Crippen LogP) is -0.864. The molecule has 0 aliphatic heterocycles. The van der Waals surface area contributed by atoms with Crippen LogP contribution in [0.1, 0.15) is 0 Å². The Morgan fingerprint density at radius 2 is 1.44 bits per heavy atom. The zero-order valence-electron chi connectivity index (χ0n) is 4.39. The third-order valence-electron chi connectivity index (χ3n) is 0.236. The number of hydrogen-bond donors (Lipinski definition) is 0. The normalized spacial score (nSPS) is 9.89. The number of halogens is 5. The zero-order chi connectivity index (χ0) is 6.78. The summed E-state index contributed by atoms with van der Waals surface area (Å²) in [7, 11) is 0. The van der Waals surface area contributed by atoms with Gasteiger partial charge in [-0.05, 0) is 0 Å². The summed E-state index contributed by atoms with van der Waals surface area (Å²) in [6, 6.07) is 0. The van der Waals surface area contributed by atoms with Gasteiger partial charge in [-0.15, -0.1) is 0 Å². The Kier molecular flexibility index (Phi) is 5.10. The first kappa shape index (κ1) is 11.7. The van der Waals surface area contributed by atoms with Crippen LogP contribution >= 0.6 is 0 Å². The Balaban J connectivity index is 0. The zero-order valence-corrected chi connectivity index (χ0v) is 4.39. The van der Waals surface area contributed by atoms with Crippen molar-refractivity contribution in [3.05, 3.63) is 12.2 Å². The molecule has 0 spiro atoms. The van der Waals surface area contributed by atoms with Gasteiger partial charge in [0.15, 0.2) is 0 Å². The van der Waals surface area contributed by atoms with Crippen molar-refractivity contribution in [2.24, 2.45) is 0 Å². The van der Waals surface area contributed by atoms with Crippen LogP contribution in [0.15, 0.2) is 6.08 Å². The summed E-state index contributed by atoms with van der Waals surface area (Å²) in [5.41, 5.74) is 0. The SMILES string of the molecule is FC(F)=[C-]C(F)(F)F.[Li+]. The fourth-order valence-corrected chi connectivity index (χ4v) is 0.107. The molecule has 0 nitrogen and oxygen atoms in total. The molecule has 0 N–H and O–H groups in total. The van der Waals surface area contributed by atoms with E-state index in [9.17, 15) is 22.0 Å². The van der Waals surface area contributed by atoms with Crippen LogP contribution < -0.4 is 18.9 Å². The van der Waals surface area contributed by atoms with E-state index in [-0.39, 0.29) is 24.9 Å². The van der Waals surface area contributed by atoms with Gasteiger partial charge >= 0.3 is 18.9 Å². The van der Waals surface area contributed by atoms with Gasteiger partial charge in [-0.25, -0.2) is 22.0 Å². The summed E-state index contributed by atoms with van der Waals surface area (Å²) >= 11 is 0. The molecule has 0 aromatic carbocycles. The van der Waals surface area contributed by atoms with Gasteiger partial charge < -0.3 is 6.08 Å². The van der Waals surface area contributed by atoms with E-state index in [1.807, 2.05) is 0 Å². The van der Waals surface area contributed by atoms with E-state index in [0.717, 1.165) is 0 Å². The molecule has 0 saturated heterocycles. The fraction of sp³-hybridized carbons (Fsp3) is 0.333. The van der Waals surface area contributed by atoms with Crippen molar-refractivity contribution >= 4 is 0 Å². The smallest absolute Gasteiger partial charge is 0.320 e. The second-order valence-electron chi connectivity index (χ2n) is 0.883. The van der Waals surface area contributed by atoms with Crippen molar-refractivity contribution in [3.8, 4) is 0 Å². The molecule has 0 saturated carbocycles. The first-order chi connectivity index (χ1) is 3.42. The molecular formula is C3F5Li. The Bertz CT molecular complexity index is 99.3. The summed E-state index contributed by atoms with van der Waals surface area (Å²) in [6.45, 7) is 0. The average Bonchev–Trinajstić information content (AvgIpc) is 1.21. The minimum Gasteiger partial charge on any atom is -0.320 e. The van der Waals surface area contributed by atoms with E-state index in [2.05, 4.69) is 0 Å². The standard InChI is InChI=1S/C3F5.Li/c4-2(5)1-3(6,7)8;/q-1;+1. The Morgan fingerprint density at radius 3 is 1.44 bits per heavy atom. The van der Waals surface area contributed by atoms with E-state index in [1.54, 1.807) is 0 Å². The second kappa shape index (κ2) is 3.91. The molecule has 0 atom stereocenters. The number of allylic oxidation sites excluding steroid dienone is 1. The van der Waals surface area contributed by atoms with Gasteiger partial charge in [-0.1, -0.05) is 0 Å². The Morgan fingerprint density at radius 1 is 1.11 bits per heavy atom. The van der Waals surface area contributed by atoms with Crippen molar-refractivity contribution < 1.29 is 40.8 Å². The number of rotatable bonds is 0. The molecule has 0 aliphatic rings. The average molecular weight is 138 g/mol. The summed E-state index contributed by atoms with van der Waals surface area (Å²) in [6.07, 6.45) is -7.90. The summed E-state index contributed by atoms with van der Waals surface area (Å²) in [5, 5.41) is 0. The molecule has 0 aliphatic carbocycles. The van der Waals surface area contributed by atoms with Crippen LogP contribution in [-0.4, -0.2) is 6.18 Å². The molecule has 0 heterocycles. The predicted molar refractivity (Wildman–Crippen MR) is 15.0 cm³/mol. The second-order valence-corrected chi connectivity index (χ2v) is 0.883. The third-order valence-corrected chi connectivity index (χ3v) is 0.236. The number of hydrogen-bond acceptors (Lipinski definition) is 0. The van der Waals surface area contributed by atoms with Gasteiger partial charge in [0.25, 0.3) is 6.18 Å². The van der Waals surface area contributed by atoms with E-state index in [1.165, 1.54) is 0 Å². The van der Waals surface area contributed by atoms with Crippen molar-refractivity contribution in [1.82, 2.24) is 0 Å². The molecule has 0 fully saturated rings. The van der Waals surface area contributed by atoms with Crippen LogP contribution in [0.25, 0.3) is 0 Å². The molecule has 0 amide bonds. The molecule has 0 unspecified atom stereocenters. The maximum absolute atomic E-state index is 10.7. The summed E-state index contributed by atoms with van der Waals surface area (Å²) < 4.78 is 53.3. The van der Waals surface area contributed by atoms with Gasteiger partial charge in [0.05, 0.1) is 6.08 Å². The van der Waals surface area contributed by atoms with Crippen molar-refractivity contribution in [2.75, 3.05) is 0 Å². The van der Waals surface area contributed by atoms with Crippen LogP contribution in [0, 0.1) is 6.08 Å². The maximum atomic E-state index is 10.7. The number of alkyl halides is 3. The van der Waals surface area contributed by atoms with E-state index < -0.39 is 12.3 Å². The van der Waals surface area contributed by atoms with Gasteiger partial charge in [-0.2, -0.15) is 0 Å². The topological polar surface area (TPSA) is 0 Å². The Hall–Kier alpha value is -0.0126. The largest absolute Gasteiger partial charge is 1.00 e. The van der Waals surface area contributed by atoms with Gasteiger partial charge in [0, 0.05) is 0 Å². The third kappa shape index (κ3) is 11.5. The van der Waals surface area contributed by atoms with Crippen molar-refractivity contribution in [1.29, 1.82) is 0 Å². The molecule has 0 bridgehead atoms. The molecule has 48 valence electrons. The molecule has 9 heavy (non-hydrogen) atoms. The van der Waals surface area contributed by atoms with Crippen LogP contribution in [0.3, 0.4) is 0 Å². The van der Waals surface area contributed by atoms with Crippen LogP contribution in [0.4, 0.5) is 22.0 Å². The van der Waals surface area contributed by atoms with Crippen molar-refractivity contribution in [2.45, 2.75) is 6.18 Å². The summed E-state index contributed by atoms with van der Waals surface area (Å²) in [4.78, 5) is 0. The van der Waals surface area contributed by atoms with Crippen molar-refractivity contribution in [3.63, 3.8) is 0 Å². The first-order valence-corrected chi connectivity index (χ1v) is 1.44. The van der Waals surface area contributed by atoms with Crippen LogP contribution in [-0.2, 0) is 0 Å². The van der Waals surface area contributed by atoms with Gasteiger partial charge in [0.1, 0.15) is 0 Å². The fourth-order valence-electron chi connectivity index (χ4n) is 0.107. The van der Waals surface area contributed by atoms with E-state index in [0.29, 0.717) is 0 Å². The molecule has 0 aromatic heterocycles. The van der Waals surface area contributed by atoms with Gasteiger partial charge in [-0.3, -0.25) is 0 Å². The monoisotopic (exact) mass is 138 g/mol. The molecular weight excluding hydrogens is 138 g/mol. The van der Waals surface area contributed by atoms with Crippen LogP contribution in [0.5, 0.6) is 0 Å². The molecule has 6 heteroatoms. The quantitative estimate of drug-likeness (QED) is 0.232. The van der Waals surface area contributed by atoms with E-state index in [4.69, 9.17) is 0 Å². The maximum Gasteiger partial charge on any atom is 1.00 e. The van der Waals surface area contributed by atoms with E-state index >= 15 is 0 Å². The minimum absolute atomic E-state index is 0. The summed E-state index contributed by atoms with van der Waals surface area (Å²) in [5.74, 6) is 0. The van der Waals surface area contributed by atoms with Gasteiger partial charge in [0.2, 0.25) is 0 Å². The van der Waals surface area contributed by atoms with Crippen LogP contribution in [0.2, 0.25) is 0 Å². The Labute approximate surface area is 59.9 Å². The molecule has 0 rings (SSSR count). The molecule has 0 radical (unpaired) electrons. The minimum atomic E-state index is -5.02. The molecule has 0 aromatic rings.